The first-order chi connectivity index (χ1) is 13.9. The first-order valence-electron chi connectivity index (χ1n) is 8.95. The molecule has 1 N–H and O–H groups in total. The zero-order chi connectivity index (χ0) is 20.5. The molecule has 0 spiro atoms. The van der Waals surface area contributed by atoms with Gasteiger partial charge < -0.3 is 10.2 Å². The summed E-state index contributed by atoms with van der Waals surface area (Å²) < 4.78 is 2.47. The topological polar surface area (TPSA) is 80.1 Å². The van der Waals surface area contributed by atoms with E-state index in [1.807, 2.05) is 25.1 Å². The molecule has 1 aliphatic rings. The van der Waals surface area contributed by atoms with E-state index in [-0.39, 0.29) is 18.2 Å². The van der Waals surface area contributed by atoms with Crippen molar-refractivity contribution < 1.29 is 9.59 Å². The van der Waals surface area contributed by atoms with Crippen LogP contribution in [0, 0.1) is 12.8 Å². The number of carbonyl (C=O) groups excluding carboxylic acids is 2. The number of halogens is 2. The number of carbonyl (C=O) groups is 2. The quantitative estimate of drug-likeness (QED) is 0.620. The fourth-order valence-electron chi connectivity index (χ4n) is 3.34. The van der Waals surface area contributed by atoms with E-state index in [9.17, 15) is 9.59 Å². The maximum atomic E-state index is 12.9. The zero-order valence-electron chi connectivity index (χ0n) is 15.5. The predicted molar refractivity (Wildman–Crippen MR) is 114 cm³/mol. The summed E-state index contributed by atoms with van der Waals surface area (Å²) in [4.78, 5) is 31.0. The number of amides is 2. The number of aromatic nitrogens is 3. The fourth-order valence-corrected chi connectivity index (χ4v) is 3.84. The van der Waals surface area contributed by atoms with E-state index in [2.05, 4.69) is 31.3 Å². The van der Waals surface area contributed by atoms with Crippen molar-refractivity contribution in [3.05, 3.63) is 64.1 Å². The highest BCUT2D eigenvalue weighted by molar-refractivity contribution is 9.10. The van der Waals surface area contributed by atoms with Crippen molar-refractivity contribution in [2.45, 2.75) is 13.3 Å². The molecule has 148 valence electrons. The van der Waals surface area contributed by atoms with Crippen LogP contribution in [0.2, 0.25) is 5.02 Å². The highest BCUT2D eigenvalue weighted by Gasteiger charge is 2.35. The fraction of sp³-hybridized carbons (Fsp3) is 0.200. The van der Waals surface area contributed by atoms with E-state index in [0.717, 1.165) is 15.7 Å². The van der Waals surface area contributed by atoms with Crippen molar-refractivity contribution in [1.82, 2.24) is 14.8 Å². The van der Waals surface area contributed by atoms with Crippen LogP contribution < -0.4 is 10.2 Å². The summed E-state index contributed by atoms with van der Waals surface area (Å²) in [5, 5.41) is 7.42. The number of benzene rings is 2. The van der Waals surface area contributed by atoms with Crippen LogP contribution in [-0.2, 0) is 9.59 Å². The molecule has 0 aliphatic carbocycles. The van der Waals surface area contributed by atoms with Crippen LogP contribution in [0.15, 0.2) is 53.5 Å². The van der Waals surface area contributed by atoms with Gasteiger partial charge in [-0.15, -0.1) is 0 Å². The molecule has 0 bridgehead atoms. The zero-order valence-corrected chi connectivity index (χ0v) is 17.8. The van der Waals surface area contributed by atoms with Crippen molar-refractivity contribution in [2.75, 3.05) is 16.8 Å². The minimum Gasteiger partial charge on any atom is -0.324 e. The third-order valence-corrected chi connectivity index (χ3v) is 6.04. The first kappa shape index (κ1) is 19.6. The predicted octanol–water partition coefficient (Wildman–Crippen LogP) is 3.98. The molecule has 2 aromatic carbocycles. The molecule has 1 unspecified atom stereocenters. The molecule has 3 aromatic rings. The van der Waals surface area contributed by atoms with Gasteiger partial charge in [0.1, 0.15) is 18.3 Å². The van der Waals surface area contributed by atoms with Gasteiger partial charge in [-0.05, 0) is 42.8 Å². The molecule has 7 nitrogen and oxygen atoms in total. The number of nitrogens with zero attached hydrogens (tertiary/aromatic N) is 4. The van der Waals surface area contributed by atoms with Crippen LogP contribution in [0.3, 0.4) is 0 Å². The molecule has 2 heterocycles. The van der Waals surface area contributed by atoms with Crippen LogP contribution in [0.5, 0.6) is 0 Å². The van der Waals surface area contributed by atoms with Gasteiger partial charge in [-0.1, -0.05) is 33.6 Å². The van der Waals surface area contributed by atoms with Gasteiger partial charge in [0.05, 0.1) is 16.6 Å². The Balaban J connectivity index is 1.54. The SMILES string of the molecule is Cc1cc(N2CC(C(=O)Nc3cccc(Cl)c3-n3cncn3)CC2=O)ccc1Br. The second kappa shape index (κ2) is 7.96. The van der Waals surface area contributed by atoms with Crippen molar-refractivity contribution in [2.24, 2.45) is 5.92 Å². The van der Waals surface area contributed by atoms with Crippen LogP contribution in [0.4, 0.5) is 11.4 Å². The summed E-state index contributed by atoms with van der Waals surface area (Å²) in [7, 11) is 0. The van der Waals surface area contributed by atoms with Gasteiger partial charge in [-0.3, -0.25) is 9.59 Å². The minimum absolute atomic E-state index is 0.0746. The van der Waals surface area contributed by atoms with E-state index in [4.69, 9.17) is 11.6 Å². The molecule has 29 heavy (non-hydrogen) atoms. The van der Waals surface area contributed by atoms with Crippen LogP contribution in [-0.4, -0.2) is 33.1 Å². The Kier molecular flexibility index (Phi) is 5.38. The molecule has 9 heteroatoms. The van der Waals surface area contributed by atoms with E-state index in [0.29, 0.717) is 22.9 Å². The van der Waals surface area contributed by atoms with Crippen molar-refractivity contribution in [3.63, 3.8) is 0 Å². The average Bonchev–Trinajstić information content (AvgIpc) is 3.34. The molecular formula is C20H17BrClN5O2. The number of para-hydroxylation sites is 1. The summed E-state index contributed by atoms with van der Waals surface area (Å²) in [5.41, 5.74) is 2.86. The number of anilines is 2. The van der Waals surface area contributed by atoms with Crippen LogP contribution in [0.1, 0.15) is 12.0 Å². The number of aryl methyl sites for hydroxylation is 1. The molecule has 2 amide bonds. The average molecular weight is 475 g/mol. The second-order valence-electron chi connectivity index (χ2n) is 6.80. The standard InChI is InChI=1S/C20H17BrClN5O2/c1-12-7-14(5-6-15(12)21)26-9-13(8-18(26)28)20(29)25-17-4-2-3-16(22)19(17)27-11-23-10-24-27/h2-7,10-11,13H,8-9H2,1H3,(H,25,29). The smallest absolute Gasteiger partial charge is 0.229 e. The molecule has 1 aromatic heterocycles. The Morgan fingerprint density at radius 3 is 2.86 bits per heavy atom. The van der Waals surface area contributed by atoms with Crippen molar-refractivity contribution in [3.8, 4) is 5.69 Å². The highest BCUT2D eigenvalue weighted by Crippen LogP contribution is 2.31. The molecule has 1 fully saturated rings. The molecule has 1 saturated heterocycles. The van der Waals surface area contributed by atoms with Crippen molar-refractivity contribution >= 4 is 50.7 Å². The molecule has 0 radical (unpaired) electrons. The maximum Gasteiger partial charge on any atom is 0.229 e. The Hall–Kier alpha value is -2.71. The summed E-state index contributed by atoms with van der Waals surface area (Å²) in [6.07, 6.45) is 3.05. The van der Waals surface area contributed by atoms with Crippen molar-refractivity contribution in [1.29, 1.82) is 0 Å². The number of rotatable bonds is 4. The van der Waals surface area contributed by atoms with E-state index in [1.165, 1.54) is 17.3 Å². The Labute approximate surface area is 180 Å². The van der Waals surface area contributed by atoms with Gasteiger partial charge >= 0.3 is 0 Å². The third kappa shape index (κ3) is 3.90. The lowest BCUT2D eigenvalue weighted by Crippen LogP contribution is -2.28. The summed E-state index contributed by atoms with van der Waals surface area (Å²) in [6, 6.07) is 10.9. The molecule has 1 atom stereocenters. The number of hydrogen-bond donors (Lipinski definition) is 1. The number of nitrogens with one attached hydrogen (secondary N) is 1. The molecule has 1 aliphatic heterocycles. The second-order valence-corrected chi connectivity index (χ2v) is 8.07. The molecular weight excluding hydrogens is 458 g/mol. The molecule has 4 rings (SSSR count). The van der Waals surface area contributed by atoms with Gasteiger partial charge in [0, 0.05) is 23.1 Å². The van der Waals surface area contributed by atoms with E-state index in [1.54, 1.807) is 23.1 Å². The third-order valence-electron chi connectivity index (χ3n) is 4.84. The summed E-state index contributed by atoms with van der Waals surface area (Å²) in [6.45, 7) is 2.29. The van der Waals surface area contributed by atoms with Crippen LogP contribution in [0.25, 0.3) is 5.69 Å². The van der Waals surface area contributed by atoms with Gasteiger partial charge in [0.15, 0.2) is 0 Å². The van der Waals surface area contributed by atoms with E-state index >= 15 is 0 Å². The lowest BCUT2D eigenvalue weighted by atomic mass is 10.1. The summed E-state index contributed by atoms with van der Waals surface area (Å²) in [5.74, 6) is -0.776. The van der Waals surface area contributed by atoms with Gasteiger partial charge in [-0.25, -0.2) is 9.67 Å². The van der Waals surface area contributed by atoms with Gasteiger partial charge in [-0.2, -0.15) is 5.10 Å². The lowest BCUT2D eigenvalue weighted by molar-refractivity contribution is -0.122. The van der Waals surface area contributed by atoms with Gasteiger partial charge in [0.25, 0.3) is 0 Å². The number of hydrogen-bond acceptors (Lipinski definition) is 4. The lowest BCUT2D eigenvalue weighted by Gasteiger charge is -2.18. The Morgan fingerprint density at radius 1 is 1.31 bits per heavy atom. The maximum absolute atomic E-state index is 12.9. The van der Waals surface area contributed by atoms with E-state index < -0.39 is 5.92 Å². The largest absolute Gasteiger partial charge is 0.324 e. The normalized spacial score (nSPS) is 16.3. The molecule has 0 saturated carbocycles. The van der Waals surface area contributed by atoms with Crippen LogP contribution >= 0.6 is 27.5 Å². The summed E-state index contributed by atoms with van der Waals surface area (Å²) >= 11 is 9.78. The first-order valence-corrected chi connectivity index (χ1v) is 10.1. The highest BCUT2D eigenvalue weighted by atomic mass is 79.9. The Bertz CT molecular complexity index is 1090. The minimum atomic E-state index is -0.464. The monoisotopic (exact) mass is 473 g/mol. The Morgan fingerprint density at radius 2 is 2.14 bits per heavy atom. The van der Waals surface area contributed by atoms with Gasteiger partial charge in [0.2, 0.25) is 11.8 Å².